The number of piperazine rings is 1. The van der Waals surface area contributed by atoms with Crippen LogP contribution in [0.5, 0.6) is 0 Å². The number of hydrogen-bond donors (Lipinski definition) is 2. The first-order valence-corrected chi connectivity index (χ1v) is 6.71. The van der Waals surface area contributed by atoms with Gasteiger partial charge in [0.1, 0.15) is 6.04 Å². The zero-order valence-electron chi connectivity index (χ0n) is 11.6. The van der Waals surface area contributed by atoms with E-state index < -0.39 is 0 Å². The van der Waals surface area contributed by atoms with Crippen molar-refractivity contribution in [2.24, 2.45) is 0 Å². The summed E-state index contributed by atoms with van der Waals surface area (Å²) < 4.78 is 1.74. The van der Waals surface area contributed by atoms with Crippen molar-refractivity contribution in [2.45, 2.75) is 13.0 Å². The summed E-state index contributed by atoms with van der Waals surface area (Å²) in [4.78, 5) is 18.5. The molecule has 1 fully saturated rings. The van der Waals surface area contributed by atoms with Gasteiger partial charge >= 0.3 is 0 Å². The van der Waals surface area contributed by atoms with E-state index >= 15 is 0 Å². The molecule has 2 aromatic heterocycles. The lowest BCUT2D eigenvalue weighted by atomic mass is 10.2. The zero-order chi connectivity index (χ0) is 14.1. The Balaban J connectivity index is 1.97. The number of anilines is 1. The summed E-state index contributed by atoms with van der Waals surface area (Å²) >= 11 is 0. The third-order valence-corrected chi connectivity index (χ3v) is 3.53. The molecule has 1 atom stereocenters. The van der Waals surface area contributed by atoms with Crippen LogP contribution < -0.4 is 15.5 Å². The Kier molecular flexibility index (Phi) is 3.27. The summed E-state index contributed by atoms with van der Waals surface area (Å²) in [5.41, 5.74) is 1.94. The van der Waals surface area contributed by atoms with Gasteiger partial charge in [0.2, 0.25) is 11.9 Å². The first-order chi connectivity index (χ1) is 9.69. The number of likely N-dealkylation sites (N-methyl/N-ethyl adjacent to an activating group) is 1. The Hall–Kier alpha value is -2.15. The molecule has 0 aromatic carbocycles. The van der Waals surface area contributed by atoms with Crippen molar-refractivity contribution in [2.75, 3.05) is 31.6 Å². The van der Waals surface area contributed by atoms with E-state index in [0.29, 0.717) is 19.0 Å². The molecular weight excluding hydrogens is 256 g/mol. The Labute approximate surface area is 117 Å². The maximum atomic E-state index is 12.0. The van der Waals surface area contributed by atoms with Gasteiger partial charge in [0.25, 0.3) is 0 Å². The lowest BCUT2D eigenvalue weighted by Crippen LogP contribution is -2.58. The average Bonchev–Trinajstić information content (AvgIpc) is 2.89. The monoisotopic (exact) mass is 274 g/mol. The highest BCUT2D eigenvalue weighted by Gasteiger charge is 2.30. The lowest BCUT2D eigenvalue weighted by Gasteiger charge is -2.33. The van der Waals surface area contributed by atoms with E-state index in [9.17, 15) is 4.79 Å². The van der Waals surface area contributed by atoms with Crippen LogP contribution in [0.1, 0.15) is 5.56 Å². The van der Waals surface area contributed by atoms with Crippen LogP contribution in [0.25, 0.3) is 5.65 Å². The summed E-state index contributed by atoms with van der Waals surface area (Å²) in [6, 6.07) is 3.69. The Bertz CT molecular complexity index is 637. The normalized spacial score (nSPS) is 19.3. The maximum absolute atomic E-state index is 12.0. The van der Waals surface area contributed by atoms with Crippen molar-refractivity contribution in [3.8, 4) is 0 Å². The molecule has 3 heterocycles. The van der Waals surface area contributed by atoms with E-state index in [0.717, 1.165) is 17.8 Å². The minimum Gasteiger partial charge on any atom is -0.357 e. The Morgan fingerprint density at radius 2 is 2.40 bits per heavy atom. The van der Waals surface area contributed by atoms with Crippen molar-refractivity contribution in [3.05, 3.63) is 23.9 Å². The number of hydrogen-bond acceptors (Lipinski definition) is 5. The van der Waals surface area contributed by atoms with Crippen LogP contribution in [0.3, 0.4) is 0 Å². The molecule has 20 heavy (non-hydrogen) atoms. The van der Waals surface area contributed by atoms with Gasteiger partial charge in [-0.05, 0) is 24.6 Å². The van der Waals surface area contributed by atoms with Gasteiger partial charge in [-0.3, -0.25) is 4.79 Å². The maximum Gasteiger partial charge on any atom is 0.246 e. The van der Waals surface area contributed by atoms with Crippen LogP contribution in [0, 0.1) is 6.92 Å². The molecule has 1 aliphatic heterocycles. The second-order valence-electron chi connectivity index (χ2n) is 4.95. The number of rotatable bonds is 2. The van der Waals surface area contributed by atoms with Crippen LogP contribution in [0.15, 0.2) is 18.3 Å². The third-order valence-electron chi connectivity index (χ3n) is 3.53. The van der Waals surface area contributed by atoms with Crippen molar-refractivity contribution in [1.29, 1.82) is 0 Å². The largest absolute Gasteiger partial charge is 0.357 e. The van der Waals surface area contributed by atoms with E-state index in [-0.39, 0.29) is 11.9 Å². The zero-order valence-corrected chi connectivity index (χ0v) is 11.6. The highest BCUT2D eigenvalue weighted by Crippen LogP contribution is 2.16. The number of carbonyl (C=O) groups is 1. The summed E-state index contributed by atoms with van der Waals surface area (Å²) in [6.07, 6.45) is 1.89. The van der Waals surface area contributed by atoms with Crippen molar-refractivity contribution in [1.82, 2.24) is 25.2 Å². The Morgan fingerprint density at radius 3 is 3.20 bits per heavy atom. The second-order valence-corrected chi connectivity index (χ2v) is 4.95. The second kappa shape index (κ2) is 5.09. The SMILES string of the molecule is CNC(=O)C1CNCCN1c1nc2cc(C)ccn2n1. The quantitative estimate of drug-likeness (QED) is 0.777. The molecule has 7 heteroatoms. The number of pyridine rings is 1. The fourth-order valence-corrected chi connectivity index (χ4v) is 2.44. The molecule has 2 aromatic rings. The van der Waals surface area contributed by atoms with Gasteiger partial charge in [0.05, 0.1) is 0 Å². The van der Waals surface area contributed by atoms with Crippen molar-refractivity contribution < 1.29 is 4.79 Å². The number of aryl methyl sites for hydroxylation is 1. The molecule has 0 radical (unpaired) electrons. The lowest BCUT2D eigenvalue weighted by molar-refractivity contribution is -0.122. The molecule has 1 amide bonds. The first-order valence-electron chi connectivity index (χ1n) is 6.71. The minimum atomic E-state index is -0.271. The van der Waals surface area contributed by atoms with Gasteiger partial charge in [-0.1, -0.05) is 0 Å². The molecule has 106 valence electrons. The molecular formula is C13H18N6O. The van der Waals surface area contributed by atoms with E-state index in [1.54, 1.807) is 11.6 Å². The molecule has 0 spiro atoms. The molecule has 0 aliphatic carbocycles. The van der Waals surface area contributed by atoms with Gasteiger partial charge in [0, 0.05) is 32.9 Å². The standard InChI is InChI=1S/C13H18N6O/c1-9-3-5-19-11(7-9)16-13(17-19)18-6-4-15-8-10(18)12(20)14-2/h3,5,7,10,15H,4,6,8H2,1-2H3,(H,14,20). The van der Waals surface area contributed by atoms with E-state index in [1.165, 1.54) is 0 Å². The minimum absolute atomic E-state index is 0.0211. The van der Waals surface area contributed by atoms with Gasteiger partial charge in [-0.25, -0.2) is 4.52 Å². The molecule has 1 saturated heterocycles. The predicted octanol–water partition coefficient (Wildman–Crippen LogP) is -0.438. The van der Waals surface area contributed by atoms with Gasteiger partial charge < -0.3 is 15.5 Å². The summed E-state index contributed by atoms with van der Waals surface area (Å²) in [5, 5.41) is 10.4. The predicted molar refractivity (Wildman–Crippen MR) is 75.8 cm³/mol. The number of nitrogens with zero attached hydrogens (tertiary/aromatic N) is 4. The molecule has 1 unspecified atom stereocenters. The van der Waals surface area contributed by atoms with Crippen LogP contribution in [-0.2, 0) is 4.79 Å². The fourth-order valence-electron chi connectivity index (χ4n) is 2.44. The Morgan fingerprint density at radius 1 is 1.55 bits per heavy atom. The summed E-state index contributed by atoms with van der Waals surface area (Å²) in [7, 11) is 1.65. The molecule has 7 nitrogen and oxygen atoms in total. The molecule has 0 saturated carbocycles. The van der Waals surface area contributed by atoms with Gasteiger partial charge in [-0.15, -0.1) is 5.10 Å². The summed E-state index contributed by atoms with van der Waals surface area (Å²) in [5.74, 6) is 0.581. The molecule has 0 bridgehead atoms. The number of aromatic nitrogens is 3. The molecule has 3 rings (SSSR count). The first kappa shape index (κ1) is 12.9. The van der Waals surface area contributed by atoms with Crippen LogP contribution >= 0.6 is 0 Å². The smallest absolute Gasteiger partial charge is 0.246 e. The topological polar surface area (TPSA) is 74.6 Å². The van der Waals surface area contributed by atoms with Crippen LogP contribution in [0.4, 0.5) is 5.95 Å². The van der Waals surface area contributed by atoms with Gasteiger partial charge in [0.15, 0.2) is 5.65 Å². The van der Waals surface area contributed by atoms with Crippen LogP contribution in [0.2, 0.25) is 0 Å². The third kappa shape index (κ3) is 2.20. The van der Waals surface area contributed by atoms with E-state index in [2.05, 4.69) is 20.7 Å². The van der Waals surface area contributed by atoms with E-state index in [4.69, 9.17) is 0 Å². The van der Waals surface area contributed by atoms with Gasteiger partial charge in [-0.2, -0.15) is 4.98 Å². The number of carbonyl (C=O) groups excluding carboxylic acids is 1. The van der Waals surface area contributed by atoms with Crippen molar-refractivity contribution in [3.63, 3.8) is 0 Å². The molecule has 2 N–H and O–H groups in total. The van der Waals surface area contributed by atoms with E-state index in [1.807, 2.05) is 30.2 Å². The van der Waals surface area contributed by atoms with Crippen molar-refractivity contribution >= 4 is 17.5 Å². The number of nitrogens with one attached hydrogen (secondary N) is 2. The van der Waals surface area contributed by atoms with Crippen LogP contribution in [-0.4, -0.2) is 53.2 Å². The average molecular weight is 274 g/mol. The number of fused-ring (bicyclic) bond motifs is 1. The highest BCUT2D eigenvalue weighted by molar-refractivity contribution is 5.85. The summed E-state index contributed by atoms with van der Waals surface area (Å²) in [6.45, 7) is 4.16. The number of amides is 1. The highest BCUT2D eigenvalue weighted by atomic mass is 16.2. The fraction of sp³-hybridized carbons (Fsp3) is 0.462. The molecule has 1 aliphatic rings.